The van der Waals surface area contributed by atoms with Gasteiger partial charge in [-0.25, -0.2) is 4.79 Å². The molecule has 8 heteroatoms. The number of carbonyl (C=O) groups excluding carboxylic acids is 1. The minimum Gasteiger partial charge on any atom is -0.477 e. The van der Waals surface area contributed by atoms with E-state index in [1.807, 2.05) is 0 Å². The van der Waals surface area contributed by atoms with E-state index < -0.39 is 54.5 Å². The Morgan fingerprint density at radius 3 is 2.48 bits per heavy atom. The van der Waals surface area contributed by atoms with Gasteiger partial charge in [0.2, 0.25) is 0 Å². The summed E-state index contributed by atoms with van der Waals surface area (Å²) in [5, 5.41) is 39.0. The molecule has 6 unspecified atom stereocenters. The molecule has 1 rings (SSSR count). The van der Waals surface area contributed by atoms with Crippen LogP contribution in [0.5, 0.6) is 0 Å². The Labute approximate surface area is 122 Å². The molecule has 21 heavy (non-hydrogen) atoms. The highest BCUT2D eigenvalue weighted by Gasteiger charge is 2.52. The van der Waals surface area contributed by atoms with Gasteiger partial charge in [0, 0.05) is 19.3 Å². The first-order valence-electron chi connectivity index (χ1n) is 6.79. The molecule has 0 amide bonds. The highest BCUT2D eigenvalue weighted by Crippen LogP contribution is 2.34. The van der Waals surface area contributed by atoms with Gasteiger partial charge in [-0.05, 0) is 6.42 Å². The van der Waals surface area contributed by atoms with Gasteiger partial charge in [0.1, 0.15) is 12.2 Å². The van der Waals surface area contributed by atoms with E-state index in [-0.39, 0.29) is 6.42 Å². The maximum absolute atomic E-state index is 11.1. The number of aliphatic hydroxyl groups is 3. The molecule has 0 aromatic heterocycles. The molecule has 1 saturated heterocycles. The van der Waals surface area contributed by atoms with Gasteiger partial charge in [-0.1, -0.05) is 13.8 Å². The van der Waals surface area contributed by atoms with Gasteiger partial charge in [0.05, 0.1) is 12.2 Å². The van der Waals surface area contributed by atoms with Gasteiger partial charge in [-0.3, -0.25) is 4.79 Å². The highest BCUT2D eigenvalue weighted by atomic mass is 16.7. The molecular weight excluding hydrogens is 284 g/mol. The van der Waals surface area contributed by atoms with E-state index in [4.69, 9.17) is 14.6 Å². The number of esters is 1. The van der Waals surface area contributed by atoms with Crippen LogP contribution in [0.2, 0.25) is 0 Å². The lowest BCUT2D eigenvalue weighted by molar-refractivity contribution is -0.301. The summed E-state index contributed by atoms with van der Waals surface area (Å²) in [6, 6.07) is 0. The second kappa shape index (κ2) is 6.69. The topological polar surface area (TPSA) is 134 Å². The number of rotatable bonds is 5. The number of ether oxygens (including phenoxy) is 2. The van der Waals surface area contributed by atoms with E-state index in [9.17, 15) is 24.9 Å². The van der Waals surface area contributed by atoms with Crippen LogP contribution in [0.25, 0.3) is 0 Å². The van der Waals surface area contributed by atoms with Crippen LogP contribution in [-0.2, 0) is 19.1 Å². The van der Waals surface area contributed by atoms with E-state index in [0.29, 0.717) is 0 Å². The molecule has 0 aromatic carbocycles. The van der Waals surface area contributed by atoms with Gasteiger partial charge in [0.15, 0.2) is 0 Å². The van der Waals surface area contributed by atoms with Crippen molar-refractivity contribution in [2.75, 3.05) is 0 Å². The Balaban J connectivity index is 2.96. The van der Waals surface area contributed by atoms with Crippen molar-refractivity contribution in [1.82, 2.24) is 0 Å². The van der Waals surface area contributed by atoms with E-state index in [1.165, 1.54) is 6.92 Å². The molecule has 1 aliphatic heterocycles. The predicted molar refractivity (Wildman–Crippen MR) is 69.1 cm³/mol. The lowest BCUT2D eigenvalue weighted by Gasteiger charge is -2.43. The lowest BCUT2D eigenvalue weighted by Crippen LogP contribution is -2.60. The summed E-state index contributed by atoms with van der Waals surface area (Å²) < 4.78 is 10.0. The summed E-state index contributed by atoms with van der Waals surface area (Å²) in [6.45, 7) is 4.41. The standard InChI is InChI=1S/C13H22O8/c1-4-9(20-7(3)14)10(16)11-6(2)8(15)5-13(19,21-11)12(17)18/h6,8-11,15-16,19H,4-5H2,1-3H3,(H,17,18). The van der Waals surface area contributed by atoms with Crippen molar-refractivity contribution in [1.29, 1.82) is 0 Å². The molecule has 0 aliphatic carbocycles. The zero-order valence-electron chi connectivity index (χ0n) is 12.2. The Hall–Kier alpha value is -1.22. The zero-order chi connectivity index (χ0) is 16.4. The van der Waals surface area contributed by atoms with E-state index >= 15 is 0 Å². The second-order valence-electron chi connectivity index (χ2n) is 5.35. The molecule has 1 fully saturated rings. The van der Waals surface area contributed by atoms with E-state index in [1.54, 1.807) is 13.8 Å². The average molecular weight is 306 g/mol. The maximum atomic E-state index is 11.1. The number of carboxylic acids is 1. The molecule has 8 nitrogen and oxygen atoms in total. The van der Waals surface area contributed by atoms with E-state index in [0.717, 1.165) is 0 Å². The molecule has 122 valence electrons. The fourth-order valence-corrected chi connectivity index (χ4v) is 2.41. The Bertz CT molecular complexity index is 398. The van der Waals surface area contributed by atoms with Crippen LogP contribution in [0.1, 0.15) is 33.6 Å². The molecule has 1 aliphatic rings. The van der Waals surface area contributed by atoms with Crippen LogP contribution in [0, 0.1) is 5.92 Å². The fraction of sp³-hybridized carbons (Fsp3) is 0.846. The Kier molecular flexibility index (Phi) is 5.68. The highest BCUT2D eigenvalue weighted by molar-refractivity contribution is 5.75. The third-order valence-corrected chi connectivity index (χ3v) is 3.71. The molecule has 0 aromatic rings. The zero-order valence-corrected chi connectivity index (χ0v) is 12.2. The number of hydrogen-bond donors (Lipinski definition) is 4. The molecule has 0 spiro atoms. The van der Waals surface area contributed by atoms with Crippen molar-refractivity contribution in [3.8, 4) is 0 Å². The van der Waals surface area contributed by atoms with Gasteiger partial charge < -0.3 is 29.9 Å². The smallest absolute Gasteiger partial charge is 0.364 e. The lowest BCUT2D eigenvalue weighted by atomic mass is 9.84. The van der Waals surface area contributed by atoms with Gasteiger partial charge in [-0.2, -0.15) is 0 Å². The third-order valence-electron chi connectivity index (χ3n) is 3.71. The maximum Gasteiger partial charge on any atom is 0.364 e. The number of aliphatic hydroxyl groups excluding tert-OH is 2. The van der Waals surface area contributed by atoms with Crippen molar-refractivity contribution in [3.63, 3.8) is 0 Å². The van der Waals surface area contributed by atoms with Gasteiger partial charge in [0.25, 0.3) is 5.79 Å². The molecular formula is C13H22O8. The minimum atomic E-state index is -2.58. The first-order chi connectivity index (χ1) is 9.62. The van der Waals surface area contributed by atoms with Crippen molar-refractivity contribution in [2.24, 2.45) is 5.92 Å². The number of carbonyl (C=O) groups is 2. The summed E-state index contributed by atoms with van der Waals surface area (Å²) >= 11 is 0. The molecule has 6 atom stereocenters. The minimum absolute atomic E-state index is 0.273. The third kappa shape index (κ3) is 3.91. The number of hydrogen-bond acceptors (Lipinski definition) is 7. The van der Waals surface area contributed by atoms with Crippen LogP contribution in [0.4, 0.5) is 0 Å². The quantitative estimate of drug-likeness (QED) is 0.487. The SMILES string of the molecule is CCC(OC(C)=O)C(O)C1OC(O)(C(=O)O)CC(O)C1C. The van der Waals surface area contributed by atoms with E-state index in [2.05, 4.69) is 0 Å². The second-order valence-corrected chi connectivity index (χ2v) is 5.35. The summed E-state index contributed by atoms with van der Waals surface area (Å²) in [5.41, 5.74) is 0. The normalized spacial score (nSPS) is 35.8. The van der Waals surface area contributed by atoms with Gasteiger partial charge >= 0.3 is 11.9 Å². The molecule has 0 bridgehead atoms. The largest absolute Gasteiger partial charge is 0.477 e. The molecule has 1 heterocycles. The summed E-state index contributed by atoms with van der Waals surface area (Å²) in [4.78, 5) is 22.1. The number of aliphatic carboxylic acids is 1. The fourth-order valence-electron chi connectivity index (χ4n) is 2.41. The van der Waals surface area contributed by atoms with Crippen LogP contribution < -0.4 is 0 Å². The summed E-state index contributed by atoms with van der Waals surface area (Å²) in [7, 11) is 0. The summed E-state index contributed by atoms with van der Waals surface area (Å²) in [6.07, 6.45) is -4.87. The van der Waals surface area contributed by atoms with Crippen LogP contribution >= 0.6 is 0 Å². The van der Waals surface area contributed by atoms with Crippen LogP contribution in [0.3, 0.4) is 0 Å². The molecule has 0 radical (unpaired) electrons. The van der Waals surface area contributed by atoms with Crippen LogP contribution in [0.15, 0.2) is 0 Å². The number of carboxylic acid groups (broad SMARTS) is 1. The van der Waals surface area contributed by atoms with Crippen molar-refractivity contribution in [3.05, 3.63) is 0 Å². The summed E-state index contributed by atoms with van der Waals surface area (Å²) in [5.74, 6) is -5.46. The first-order valence-corrected chi connectivity index (χ1v) is 6.79. The average Bonchev–Trinajstić information content (AvgIpc) is 2.39. The predicted octanol–water partition coefficient (Wildman–Crippen LogP) is -0.752. The van der Waals surface area contributed by atoms with Crippen molar-refractivity contribution in [2.45, 2.75) is 63.8 Å². The Morgan fingerprint density at radius 2 is 2.05 bits per heavy atom. The van der Waals surface area contributed by atoms with Gasteiger partial charge in [-0.15, -0.1) is 0 Å². The monoisotopic (exact) mass is 306 g/mol. The van der Waals surface area contributed by atoms with Crippen molar-refractivity contribution < 1.29 is 39.5 Å². The Morgan fingerprint density at radius 1 is 1.48 bits per heavy atom. The molecule has 4 N–H and O–H groups in total. The first kappa shape index (κ1) is 17.8. The van der Waals surface area contributed by atoms with Crippen LogP contribution in [-0.4, -0.2) is 62.6 Å². The molecule has 0 saturated carbocycles. The van der Waals surface area contributed by atoms with Crippen molar-refractivity contribution >= 4 is 11.9 Å².